The van der Waals surface area contributed by atoms with Gasteiger partial charge in [-0.3, -0.25) is 0 Å². The zero-order valence-electron chi connectivity index (χ0n) is 11.8. The fraction of sp³-hybridized carbons (Fsp3) is 0.533. The van der Waals surface area contributed by atoms with Gasteiger partial charge in [0.25, 0.3) is 0 Å². The van der Waals surface area contributed by atoms with E-state index >= 15 is 0 Å². The first-order valence-electron chi connectivity index (χ1n) is 6.80. The van der Waals surface area contributed by atoms with E-state index in [0.717, 1.165) is 12.8 Å². The van der Waals surface area contributed by atoms with Crippen molar-refractivity contribution in [3.05, 3.63) is 23.8 Å². The predicted molar refractivity (Wildman–Crippen MR) is 76.4 cm³/mol. The van der Waals surface area contributed by atoms with Crippen LogP contribution < -0.4 is 10.5 Å². The third-order valence-electron chi connectivity index (χ3n) is 2.95. The molecule has 19 heavy (non-hydrogen) atoms. The van der Waals surface area contributed by atoms with E-state index in [1.807, 2.05) is 0 Å². The normalized spacial score (nSPS) is 10.2. The second kappa shape index (κ2) is 8.40. The topological polar surface area (TPSA) is 61.5 Å². The van der Waals surface area contributed by atoms with E-state index < -0.39 is 5.97 Å². The second-order valence-corrected chi connectivity index (χ2v) is 4.47. The van der Waals surface area contributed by atoms with Gasteiger partial charge < -0.3 is 15.2 Å². The Morgan fingerprint density at radius 2 is 1.95 bits per heavy atom. The number of ether oxygens (including phenoxy) is 2. The van der Waals surface area contributed by atoms with Crippen LogP contribution >= 0.6 is 0 Å². The van der Waals surface area contributed by atoms with E-state index in [0.29, 0.717) is 23.6 Å². The molecule has 4 nitrogen and oxygen atoms in total. The lowest BCUT2D eigenvalue weighted by atomic mass is 10.1. The first kappa shape index (κ1) is 15.3. The Bertz CT molecular complexity index is 404. The zero-order chi connectivity index (χ0) is 14.1. The smallest absolute Gasteiger partial charge is 0.343 e. The number of carbonyl (C=O) groups is 1. The van der Waals surface area contributed by atoms with Gasteiger partial charge in [-0.2, -0.15) is 0 Å². The lowest BCUT2D eigenvalue weighted by Gasteiger charge is -2.11. The number of hydrogen-bond donors (Lipinski definition) is 1. The van der Waals surface area contributed by atoms with Gasteiger partial charge in [0.2, 0.25) is 0 Å². The van der Waals surface area contributed by atoms with Gasteiger partial charge in [-0.25, -0.2) is 4.79 Å². The third kappa shape index (κ3) is 4.81. The number of benzene rings is 1. The van der Waals surface area contributed by atoms with Crippen molar-refractivity contribution < 1.29 is 14.3 Å². The van der Waals surface area contributed by atoms with Crippen molar-refractivity contribution in [3.63, 3.8) is 0 Å². The molecule has 2 N–H and O–H groups in total. The molecule has 0 bridgehead atoms. The second-order valence-electron chi connectivity index (χ2n) is 4.47. The summed E-state index contributed by atoms with van der Waals surface area (Å²) in [7, 11) is 1.34. The molecule has 4 heteroatoms. The van der Waals surface area contributed by atoms with Crippen LogP contribution in [-0.2, 0) is 4.74 Å². The molecule has 0 radical (unpaired) electrons. The molecule has 0 aliphatic heterocycles. The summed E-state index contributed by atoms with van der Waals surface area (Å²) in [6.07, 6.45) is 5.83. The monoisotopic (exact) mass is 265 g/mol. The van der Waals surface area contributed by atoms with Crippen molar-refractivity contribution in [3.8, 4) is 5.75 Å². The highest BCUT2D eigenvalue weighted by Crippen LogP contribution is 2.25. The highest BCUT2D eigenvalue weighted by molar-refractivity contribution is 5.98. The van der Waals surface area contributed by atoms with Gasteiger partial charge in [0, 0.05) is 5.69 Å². The molecule has 106 valence electrons. The molecule has 0 amide bonds. The molecule has 0 atom stereocenters. The summed E-state index contributed by atoms with van der Waals surface area (Å²) in [5.41, 5.74) is 6.49. The Morgan fingerprint density at radius 3 is 2.63 bits per heavy atom. The van der Waals surface area contributed by atoms with Gasteiger partial charge in [0.15, 0.2) is 0 Å². The van der Waals surface area contributed by atoms with Crippen LogP contribution in [-0.4, -0.2) is 19.7 Å². The van der Waals surface area contributed by atoms with E-state index in [4.69, 9.17) is 15.2 Å². The number of esters is 1. The number of hydrogen-bond acceptors (Lipinski definition) is 4. The first-order valence-corrected chi connectivity index (χ1v) is 6.80. The molecule has 1 aromatic rings. The molecule has 0 saturated heterocycles. The highest BCUT2D eigenvalue weighted by Gasteiger charge is 2.16. The minimum Gasteiger partial charge on any atom is -0.493 e. The van der Waals surface area contributed by atoms with Crippen molar-refractivity contribution in [2.45, 2.75) is 39.0 Å². The van der Waals surface area contributed by atoms with Crippen molar-refractivity contribution in [2.24, 2.45) is 0 Å². The Labute approximate surface area is 114 Å². The minimum atomic E-state index is -0.459. The van der Waals surface area contributed by atoms with Crippen LogP contribution in [0.1, 0.15) is 49.4 Å². The molecule has 0 spiro atoms. The quantitative estimate of drug-likeness (QED) is 0.444. The van der Waals surface area contributed by atoms with Gasteiger partial charge in [-0.15, -0.1) is 0 Å². The Morgan fingerprint density at radius 1 is 1.21 bits per heavy atom. The molecule has 0 unspecified atom stereocenters. The van der Waals surface area contributed by atoms with E-state index in [1.165, 1.54) is 26.4 Å². The molecule has 1 aromatic carbocycles. The van der Waals surface area contributed by atoms with Gasteiger partial charge in [-0.1, -0.05) is 38.7 Å². The summed E-state index contributed by atoms with van der Waals surface area (Å²) in [4.78, 5) is 11.6. The van der Waals surface area contributed by atoms with Crippen molar-refractivity contribution in [1.29, 1.82) is 0 Å². The van der Waals surface area contributed by atoms with Crippen LogP contribution in [0.3, 0.4) is 0 Å². The fourth-order valence-electron chi connectivity index (χ4n) is 1.88. The maximum absolute atomic E-state index is 11.6. The lowest BCUT2D eigenvalue weighted by Crippen LogP contribution is -2.09. The summed E-state index contributed by atoms with van der Waals surface area (Å²) in [6, 6.07) is 5.18. The summed E-state index contributed by atoms with van der Waals surface area (Å²) in [5.74, 6) is 0.0430. The van der Waals surface area contributed by atoms with E-state index in [-0.39, 0.29) is 0 Å². The zero-order valence-corrected chi connectivity index (χ0v) is 11.8. The number of methoxy groups -OCH3 is 1. The van der Waals surface area contributed by atoms with Crippen LogP contribution in [0.2, 0.25) is 0 Å². The SMILES string of the molecule is CCCCCCCOc1cccc(N)c1C(=O)OC. The number of carbonyl (C=O) groups excluding carboxylic acids is 1. The molecule has 0 aromatic heterocycles. The summed E-state index contributed by atoms with van der Waals surface area (Å²) >= 11 is 0. The largest absolute Gasteiger partial charge is 0.493 e. The fourth-order valence-corrected chi connectivity index (χ4v) is 1.88. The number of nitrogen functional groups attached to an aromatic ring is 1. The average molecular weight is 265 g/mol. The molecule has 0 aliphatic carbocycles. The van der Waals surface area contributed by atoms with Crippen LogP contribution in [0.4, 0.5) is 5.69 Å². The molecule has 0 aliphatic rings. The summed E-state index contributed by atoms with van der Waals surface area (Å²) < 4.78 is 10.4. The van der Waals surface area contributed by atoms with Gasteiger partial charge in [-0.05, 0) is 18.6 Å². The number of unbranched alkanes of at least 4 members (excludes halogenated alkanes) is 4. The molecular formula is C15H23NO3. The van der Waals surface area contributed by atoms with Gasteiger partial charge in [0.05, 0.1) is 13.7 Å². The standard InChI is InChI=1S/C15H23NO3/c1-3-4-5-6-7-11-19-13-10-8-9-12(16)14(13)15(17)18-2/h8-10H,3-7,11,16H2,1-2H3. The van der Waals surface area contributed by atoms with E-state index in [9.17, 15) is 4.79 Å². The minimum absolute atomic E-state index is 0.318. The molecule has 0 saturated carbocycles. The first-order chi connectivity index (χ1) is 9.20. The molecule has 1 rings (SSSR count). The summed E-state index contributed by atoms with van der Waals surface area (Å²) in [6.45, 7) is 2.78. The number of rotatable bonds is 8. The predicted octanol–water partition coefficient (Wildman–Crippen LogP) is 3.40. The number of anilines is 1. The maximum Gasteiger partial charge on any atom is 0.343 e. The van der Waals surface area contributed by atoms with E-state index in [2.05, 4.69) is 6.92 Å². The average Bonchev–Trinajstić information content (AvgIpc) is 2.42. The van der Waals surface area contributed by atoms with Gasteiger partial charge in [0.1, 0.15) is 11.3 Å². The van der Waals surface area contributed by atoms with Crippen LogP contribution in [0.15, 0.2) is 18.2 Å². The molecule has 0 fully saturated rings. The molecular weight excluding hydrogens is 242 g/mol. The summed E-state index contributed by atoms with van der Waals surface area (Å²) in [5, 5.41) is 0. The number of nitrogens with two attached hydrogens (primary N) is 1. The van der Waals surface area contributed by atoms with Crippen LogP contribution in [0, 0.1) is 0 Å². The maximum atomic E-state index is 11.6. The van der Waals surface area contributed by atoms with E-state index in [1.54, 1.807) is 18.2 Å². The van der Waals surface area contributed by atoms with Gasteiger partial charge >= 0.3 is 5.97 Å². The Hall–Kier alpha value is -1.71. The van der Waals surface area contributed by atoms with Crippen LogP contribution in [0.5, 0.6) is 5.75 Å². The molecule has 0 heterocycles. The lowest BCUT2D eigenvalue weighted by molar-refractivity contribution is 0.0597. The van der Waals surface area contributed by atoms with Crippen LogP contribution in [0.25, 0.3) is 0 Å². The Balaban J connectivity index is 2.53. The third-order valence-corrected chi connectivity index (χ3v) is 2.95. The highest BCUT2D eigenvalue weighted by atomic mass is 16.5. The Kier molecular flexibility index (Phi) is 6.79. The van der Waals surface area contributed by atoms with Crippen molar-refractivity contribution in [2.75, 3.05) is 19.5 Å². The van der Waals surface area contributed by atoms with Crippen molar-refractivity contribution >= 4 is 11.7 Å². The van der Waals surface area contributed by atoms with Crippen molar-refractivity contribution in [1.82, 2.24) is 0 Å².